The molecule has 0 aliphatic rings. The zero-order valence-electron chi connectivity index (χ0n) is 11.6. The standard InChI is InChI=1S/C13H19N3O2S/c1-7(17)5-16(4)6-10-14-12(18)11-8(2)9(3)19-13(11)15-10/h7,17H,5-6H2,1-4H3,(H,14,15,18). The van der Waals surface area contributed by atoms with Gasteiger partial charge in [-0.3, -0.25) is 9.69 Å². The van der Waals surface area contributed by atoms with Crippen molar-refractivity contribution >= 4 is 21.6 Å². The highest BCUT2D eigenvalue weighted by Crippen LogP contribution is 2.25. The van der Waals surface area contributed by atoms with Crippen molar-refractivity contribution in [3.8, 4) is 0 Å². The van der Waals surface area contributed by atoms with Gasteiger partial charge in [-0.15, -0.1) is 11.3 Å². The van der Waals surface area contributed by atoms with Gasteiger partial charge >= 0.3 is 0 Å². The van der Waals surface area contributed by atoms with E-state index in [-0.39, 0.29) is 5.56 Å². The summed E-state index contributed by atoms with van der Waals surface area (Å²) >= 11 is 1.55. The molecule has 2 aromatic rings. The molecule has 0 saturated carbocycles. The summed E-state index contributed by atoms with van der Waals surface area (Å²) in [6.45, 7) is 6.75. The van der Waals surface area contributed by atoms with Crippen LogP contribution in [0.15, 0.2) is 4.79 Å². The lowest BCUT2D eigenvalue weighted by Gasteiger charge is -2.17. The van der Waals surface area contributed by atoms with E-state index in [0.717, 1.165) is 15.3 Å². The first-order chi connectivity index (χ1) is 8.88. The number of likely N-dealkylation sites (N-methyl/N-ethyl adjacent to an activating group) is 1. The van der Waals surface area contributed by atoms with Crippen LogP contribution in [0.5, 0.6) is 0 Å². The quantitative estimate of drug-likeness (QED) is 0.889. The number of thiophene rings is 1. The normalized spacial score (nSPS) is 13.4. The molecular weight excluding hydrogens is 262 g/mol. The molecule has 0 aromatic carbocycles. The van der Waals surface area contributed by atoms with E-state index in [0.29, 0.717) is 24.3 Å². The Morgan fingerprint density at radius 2 is 2.16 bits per heavy atom. The lowest BCUT2D eigenvalue weighted by atomic mass is 10.2. The average molecular weight is 281 g/mol. The lowest BCUT2D eigenvalue weighted by molar-refractivity contribution is 0.137. The zero-order valence-corrected chi connectivity index (χ0v) is 12.5. The number of hydrogen-bond donors (Lipinski definition) is 2. The predicted octanol–water partition coefficient (Wildman–Crippen LogP) is 1.41. The van der Waals surface area contributed by atoms with Gasteiger partial charge < -0.3 is 10.1 Å². The Bertz CT molecular complexity index is 645. The van der Waals surface area contributed by atoms with Crippen molar-refractivity contribution in [3.05, 3.63) is 26.6 Å². The summed E-state index contributed by atoms with van der Waals surface area (Å²) in [7, 11) is 1.89. The third-order valence-electron chi connectivity index (χ3n) is 3.08. The van der Waals surface area contributed by atoms with E-state index in [1.807, 2.05) is 25.8 Å². The minimum atomic E-state index is -0.397. The molecule has 19 heavy (non-hydrogen) atoms. The third kappa shape index (κ3) is 3.02. The number of hydrogen-bond acceptors (Lipinski definition) is 5. The first-order valence-corrected chi connectivity index (χ1v) is 7.05. The molecule has 0 fully saturated rings. The number of rotatable bonds is 4. The molecule has 2 heterocycles. The monoisotopic (exact) mass is 281 g/mol. The van der Waals surface area contributed by atoms with E-state index >= 15 is 0 Å². The summed E-state index contributed by atoms with van der Waals surface area (Å²) < 4.78 is 0. The first kappa shape index (κ1) is 14.2. The van der Waals surface area contributed by atoms with Gasteiger partial charge in [-0.1, -0.05) is 0 Å². The molecule has 2 N–H and O–H groups in total. The Kier molecular flexibility index (Phi) is 4.03. The number of aromatic amines is 1. The molecule has 1 atom stereocenters. The van der Waals surface area contributed by atoms with Crippen molar-refractivity contribution in [3.63, 3.8) is 0 Å². The molecule has 104 valence electrons. The lowest BCUT2D eigenvalue weighted by Crippen LogP contribution is -2.28. The summed E-state index contributed by atoms with van der Waals surface area (Å²) in [6, 6.07) is 0. The minimum Gasteiger partial charge on any atom is -0.392 e. The second-order valence-electron chi connectivity index (χ2n) is 5.02. The van der Waals surface area contributed by atoms with Crippen molar-refractivity contribution in [1.82, 2.24) is 14.9 Å². The van der Waals surface area contributed by atoms with Gasteiger partial charge in [0.2, 0.25) is 0 Å². The Morgan fingerprint density at radius 1 is 1.47 bits per heavy atom. The second kappa shape index (κ2) is 5.40. The number of nitrogens with one attached hydrogen (secondary N) is 1. The SMILES string of the molecule is Cc1sc2nc(CN(C)CC(C)O)[nH]c(=O)c2c1C. The Hall–Kier alpha value is -1.24. The maximum atomic E-state index is 12.1. The molecule has 0 radical (unpaired) electrons. The molecule has 2 rings (SSSR count). The van der Waals surface area contributed by atoms with Crippen LogP contribution in [0.25, 0.3) is 10.2 Å². The summed E-state index contributed by atoms with van der Waals surface area (Å²) in [5, 5.41) is 10.0. The van der Waals surface area contributed by atoms with Gasteiger partial charge in [0.25, 0.3) is 5.56 Å². The summed E-state index contributed by atoms with van der Waals surface area (Å²) in [6.07, 6.45) is -0.397. The number of aromatic nitrogens is 2. The molecule has 2 aromatic heterocycles. The Labute approximate surface area is 115 Å². The van der Waals surface area contributed by atoms with Gasteiger partial charge in [-0.05, 0) is 33.4 Å². The molecule has 0 saturated heterocycles. The number of fused-ring (bicyclic) bond motifs is 1. The van der Waals surface area contributed by atoms with Gasteiger partial charge in [0.15, 0.2) is 0 Å². The van der Waals surface area contributed by atoms with E-state index in [2.05, 4.69) is 9.97 Å². The fraction of sp³-hybridized carbons (Fsp3) is 0.538. The number of H-pyrrole nitrogens is 1. The topological polar surface area (TPSA) is 69.2 Å². The molecule has 5 nitrogen and oxygen atoms in total. The van der Waals surface area contributed by atoms with E-state index in [9.17, 15) is 9.90 Å². The Morgan fingerprint density at radius 3 is 2.79 bits per heavy atom. The van der Waals surface area contributed by atoms with Gasteiger partial charge in [0, 0.05) is 11.4 Å². The van der Waals surface area contributed by atoms with Gasteiger partial charge in [-0.2, -0.15) is 0 Å². The van der Waals surface area contributed by atoms with Crippen molar-refractivity contribution in [2.75, 3.05) is 13.6 Å². The largest absolute Gasteiger partial charge is 0.392 e. The average Bonchev–Trinajstić information content (AvgIpc) is 2.53. The van der Waals surface area contributed by atoms with Crippen LogP contribution in [0.1, 0.15) is 23.2 Å². The van der Waals surface area contributed by atoms with Crippen LogP contribution >= 0.6 is 11.3 Å². The molecule has 0 spiro atoms. The van der Waals surface area contributed by atoms with Gasteiger partial charge in [0.1, 0.15) is 10.7 Å². The number of aliphatic hydroxyl groups is 1. The van der Waals surface area contributed by atoms with Crippen LogP contribution in [0.4, 0.5) is 0 Å². The zero-order chi connectivity index (χ0) is 14.2. The molecule has 0 aliphatic heterocycles. The van der Waals surface area contributed by atoms with Crippen LogP contribution in [0.2, 0.25) is 0 Å². The van der Waals surface area contributed by atoms with Crippen molar-refractivity contribution in [2.24, 2.45) is 0 Å². The molecule has 1 unspecified atom stereocenters. The number of nitrogens with zero attached hydrogens (tertiary/aromatic N) is 2. The molecular formula is C13H19N3O2S. The van der Waals surface area contributed by atoms with E-state index in [4.69, 9.17) is 0 Å². The van der Waals surface area contributed by atoms with Crippen molar-refractivity contribution in [1.29, 1.82) is 0 Å². The van der Waals surface area contributed by atoms with Crippen molar-refractivity contribution in [2.45, 2.75) is 33.4 Å². The molecule has 0 amide bonds. The van der Waals surface area contributed by atoms with Crippen LogP contribution in [0, 0.1) is 13.8 Å². The van der Waals surface area contributed by atoms with Crippen LogP contribution in [-0.2, 0) is 6.54 Å². The highest BCUT2D eigenvalue weighted by molar-refractivity contribution is 7.18. The summed E-state index contributed by atoms with van der Waals surface area (Å²) in [5.41, 5.74) is 0.935. The van der Waals surface area contributed by atoms with Gasteiger partial charge in [-0.25, -0.2) is 4.98 Å². The number of aryl methyl sites for hydroxylation is 2. The van der Waals surface area contributed by atoms with Crippen LogP contribution < -0.4 is 5.56 Å². The van der Waals surface area contributed by atoms with Gasteiger partial charge in [0.05, 0.1) is 18.0 Å². The fourth-order valence-electron chi connectivity index (χ4n) is 2.15. The highest BCUT2D eigenvalue weighted by atomic mass is 32.1. The van der Waals surface area contributed by atoms with E-state index in [1.54, 1.807) is 18.3 Å². The van der Waals surface area contributed by atoms with E-state index in [1.165, 1.54) is 0 Å². The second-order valence-corrected chi connectivity index (χ2v) is 6.22. The predicted molar refractivity (Wildman–Crippen MR) is 77.7 cm³/mol. The molecule has 6 heteroatoms. The minimum absolute atomic E-state index is 0.0766. The van der Waals surface area contributed by atoms with E-state index < -0.39 is 6.10 Å². The van der Waals surface area contributed by atoms with Crippen LogP contribution in [-0.4, -0.2) is 39.7 Å². The first-order valence-electron chi connectivity index (χ1n) is 6.24. The smallest absolute Gasteiger partial charge is 0.259 e. The highest BCUT2D eigenvalue weighted by Gasteiger charge is 2.13. The maximum absolute atomic E-state index is 12.1. The molecule has 0 bridgehead atoms. The fourth-order valence-corrected chi connectivity index (χ4v) is 3.19. The summed E-state index contributed by atoms with van der Waals surface area (Å²) in [4.78, 5) is 23.3. The third-order valence-corrected chi connectivity index (χ3v) is 4.18. The number of aliphatic hydroxyl groups excluding tert-OH is 1. The summed E-state index contributed by atoms with van der Waals surface area (Å²) in [5.74, 6) is 0.641. The maximum Gasteiger partial charge on any atom is 0.259 e. The molecule has 0 aliphatic carbocycles. The van der Waals surface area contributed by atoms with Crippen LogP contribution in [0.3, 0.4) is 0 Å². The van der Waals surface area contributed by atoms with Crippen molar-refractivity contribution < 1.29 is 5.11 Å². The Balaban J connectivity index is 2.34.